The molecule has 0 unspecified atom stereocenters. The third kappa shape index (κ3) is 4.01. The highest BCUT2D eigenvalue weighted by atomic mass is 19.1. The first-order chi connectivity index (χ1) is 14.6. The molecule has 0 fully saturated rings. The fourth-order valence-corrected chi connectivity index (χ4v) is 3.64. The van der Waals surface area contributed by atoms with Gasteiger partial charge in [-0.15, -0.1) is 0 Å². The lowest BCUT2D eigenvalue weighted by Gasteiger charge is -2.17. The van der Waals surface area contributed by atoms with Crippen LogP contribution in [-0.4, -0.2) is 27.8 Å². The number of nitrogens with one attached hydrogen (secondary N) is 1. The number of pyridine rings is 1. The Labute approximate surface area is 173 Å². The van der Waals surface area contributed by atoms with Crippen LogP contribution in [0.25, 0.3) is 11.3 Å². The molecule has 3 heterocycles. The second-order valence-electron chi connectivity index (χ2n) is 7.13. The maximum atomic E-state index is 13.7. The van der Waals surface area contributed by atoms with Crippen molar-refractivity contribution in [3.63, 3.8) is 0 Å². The van der Waals surface area contributed by atoms with Gasteiger partial charge in [-0.25, -0.2) is 9.37 Å². The summed E-state index contributed by atoms with van der Waals surface area (Å²) in [4.78, 5) is 16.9. The van der Waals surface area contributed by atoms with Crippen molar-refractivity contribution in [3.05, 3.63) is 65.2 Å². The van der Waals surface area contributed by atoms with Crippen molar-refractivity contribution in [2.75, 3.05) is 7.11 Å². The highest BCUT2D eigenvalue weighted by Crippen LogP contribution is 2.29. The van der Waals surface area contributed by atoms with Crippen molar-refractivity contribution in [2.24, 2.45) is 0 Å². The largest absolute Gasteiger partial charge is 0.481 e. The number of aromatic nitrogens is 3. The van der Waals surface area contributed by atoms with E-state index in [4.69, 9.17) is 15.1 Å². The molecule has 0 spiro atoms. The van der Waals surface area contributed by atoms with E-state index in [2.05, 4.69) is 10.3 Å². The topological polar surface area (TPSA) is 92.8 Å². The molecule has 1 aromatic carbocycles. The van der Waals surface area contributed by atoms with Gasteiger partial charge in [-0.05, 0) is 49.6 Å². The van der Waals surface area contributed by atoms with Crippen LogP contribution in [0.2, 0.25) is 0 Å². The summed E-state index contributed by atoms with van der Waals surface area (Å²) < 4.78 is 20.9. The molecular formula is C22H20FN5O2. The van der Waals surface area contributed by atoms with Gasteiger partial charge in [0.15, 0.2) is 0 Å². The van der Waals surface area contributed by atoms with E-state index >= 15 is 0 Å². The summed E-state index contributed by atoms with van der Waals surface area (Å²) in [5.41, 5.74) is 2.77. The molecule has 0 aliphatic carbocycles. The molecule has 1 aliphatic rings. The minimum Gasteiger partial charge on any atom is -0.481 e. The highest BCUT2D eigenvalue weighted by Gasteiger charge is 2.24. The number of halogens is 1. The van der Waals surface area contributed by atoms with Crippen molar-refractivity contribution < 1.29 is 13.9 Å². The molecule has 1 aliphatic heterocycles. The first kappa shape index (κ1) is 19.6. The second kappa shape index (κ2) is 8.33. The van der Waals surface area contributed by atoms with E-state index < -0.39 is 11.7 Å². The van der Waals surface area contributed by atoms with Crippen LogP contribution in [0.3, 0.4) is 0 Å². The Bertz CT molecular complexity index is 1130. The van der Waals surface area contributed by atoms with Crippen molar-refractivity contribution in [2.45, 2.75) is 31.8 Å². The second-order valence-corrected chi connectivity index (χ2v) is 7.13. The van der Waals surface area contributed by atoms with Crippen LogP contribution >= 0.6 is 0 Å². The van der Waals surface area contributed by atoms with Gasteiger partial charge in [-0.1, -0.05) is 0 Å². The van der Waals surface area contributed by atoms with E-state index in [1.54, 1.807) is 13.3 Å². The number of nitrogens with zero attached hydrogens (tertiary/aromatic N) is 4. The molecule has 0 saturated carbocycles. The van der Waals surface area contributed by atoms with E-state index in [9.17, 15) is 9.18 Å². The molecule has 2 aromatic heterocycles. The predicted molar refractivity (Wildman–Crippen MR) is 107 cm³/mol. The predicted octanol–water partition coefficient (Wildman–Crippen LogP) is 3.62. The minimum atomic E-state index is -0.612. The maximum Gasteiger partial charge on any atom is 0.251 e. The zero-order chi connectivity index (χ0) is 21.1. The number of ether oxygens (including phenoxy) is 1. The quantitative estimate of drug-likeness (QED) is 0.716. The molecule has 1 amide bonds. The van der Waals surface area contributed by atoms with Crippen LogP contribution in [0.15, 0.2) is 42.6 Å². The molecule has 0 bridgehead atoms. The number of hydrogen-bond donors (Lipinski definition) is 1. The van der Waals surface area contributed by atoms with Gasteiger partial charge in [0.05, 0.1) is 36.2 Å². The Morgan fingerprint density at radius 2 is 2.17 bits per heavy atom. The van der Waals surface area contributed by atoms with Crippen molar-refractivity contribution in [1.82, 2.24) is 20.1 Å². The van der Waals surface area contributed by atoms with E-state index in [1.807, 2.05) is 29.0 Å². The molecule has 1 atom stereocenters. The first-order valence-corrected chi connectivity index (χ1v) is 9.67. The molecule has 1 N–H and O–H groups in total. The number of hydrogen-bond acceptors (Lipinski definition) is 5. The van der Waals surface area contributed by atoms with Gasteiger partial charge in [-0.2, -0.15) is 10.4 Å². The Morgan fingerprint density at radius 3 is 2.97 bits per heavy atom. The Kier molecular flexibility index (Phi) is 5.44. The Morgan fingerprint density at radius 1 is 1.30 bits per heavy atom. The number of aryl methyl sites for hydroxylation is 1. The summed E-state index contributed by atoms with van der Waals surface area (Å²) >= 11 is 0. The Balaban J connectivity index is 1.63. The number of carbonyl (C=O) groups is 1. The van der Waals surface area contributed by atoms with Gasteiger partial charge in [0.25, 0.3) is 5.91 Å². The van der Waals surface area contributed by atoms with Crippen LogP contribution in [0.1, 0.15) is 46.9 Å². The van der Waals surface area contributed by atoms with Crippen LogP contribution in [0.5, 0.6) is 5.88 Å². The lowest BCUT2D eigenvalue weighted by atomic mass is 10.0. The highest BCUT2D eigenvalue weighted by molar-refractivity contribution is 5.94. The van der Waals surface area contributed by atoms with Crippen LogP contribution < -0.4 is 10.1 Å². The molecule has 7 nitrogen and oxygen atoms in total. The van der Waals surface area contributed by atoms with Gasteiger partial charge in [0.1, 0.15) is 5.82 Å². The van der Waals surface area contributed by atoms with E-state index in [0.29, 0.717) is 5.88 Å². The smallest absolute Gasteiger partial charge is 0.251 e. The van der Waals surface area contributed by atoms with Crippen molar-refractivity contribution in [1.29, 1.82) is 5.26 Å². The average Bonchev–Trinajstić information content (AvgIpc) is 3.10. The number of fused-ring (bicyclic) bond motifs is 1. The molecule has 0 radical (unpaired) electrons. The number of nitriles is 1. The zero-order valence-corrected chi connectivity index (χ0v) is 16.4. The summed E-state index contributed by atoms with van der Waals surface area (Å²) in [7, 11) is 1.56. The van der Waals surface area contributed by atoms with Crippen LogP contribution in [0, 0.1) is 17.1 Å². The number of amides is 1. The standard InChI is InChI=1S/C22H20FN5O2/c1-30-21-11-15(5-6-25-21)19-12-20-18(4-2-3-7-28(20)27-19)26-22(29)16-8-14(13-24)9-17(23)10-16/h5-6,8-12,18H,2-4,7H2,1H3,(H,26,29)/t18-/m1/s1. The molecule has 4 rings (SSSR count). The maximum absolute atomic E-state index is 13.7. The van der Waals surface area contributed by atoms with Crippen LogP contribution in [0.4, 0.5) is 4.39 Å². The lowest BCUT2D eigenvalue weighted by Crippen LogP contribution is -2.29. The zero-order valence-electron chi connectivity index (χ0n) is 16.4. The number of carbonyl (C=O) groups excluding carboxylic acids is 1. The van der Waals surface area contributed by atoms with Gasteiger partial charge in [-0.3, -0.25) is 9.48 Å². The van der Waals surface area contributed by atoms with Gasteiger partial charge in [0.2, 0.25) is 5.88 Å². The summed E-state index contributed by atoms with van der Waals surface area (Å²) in [6.07, 6.45) is 4.28. The van der Waals surface area contributed by atoms with Crippen molar-refractivity contribution in [3.8, 4) is 23.2 Å². The third-order valence-electron chi connectivity index (χ3n) is 5.11. The molecule has 152 valence electrons. The SMILES string of the molecule is COc1cc(-c2cc3n(n2)CCCC[C@H]3NC(=O)c2cc(F)cc(C#N)c2)ccn1. The van der Waals surface area contributed by atoms with E-state index in [0.717, 1.165) is 54.9 Å². The fourth-order valence-electron chi connectivity index (χ4n) is 3.64. The normalized spacial score (nSPS) is 15.6. The number of benzene rings is 1. The van der Waals surface area contributed by atoms with Gasteiger partial charge in [0, 0.05) is 29.9 Å². The average molecular weight is 405 g/mol. The summed E-state index contributed by atoms with van der Waals surface area (Å²) in [5.74, 6) is -0.531. The van der Waals surface area contributed by atoms with E-state index in [1.165, 1.54) is 6.07 Å². The molecule has 30 heavy (non-hydrogen) atoms. The molecular weight excluding hydrogens is 385 g/mol. The third-order valence-corrected chi connectivity index (χ3v) is 5.11. The van der Waals surface area contributed by atoms with Crippen LogP contribution in [-0.2, 0) is 6.54 Å². The summed E-state index contributed by atoms with van der Waals surface area (Å²) in [6.45, 7) is 0.752. The number of methoxy groups -OCH3 is 1. The molecule has 8 heteroatoms. The minimum absolute atomic E-state index is 0.111. The summed E-state index contributed by atoms with van der Waals surface area (Å²) in [5, 5.41) is 16.7. The lowest BCUT2D eigenvalue weighted by molar-refractivity contribution is 0.0933. The summed E-state index contributed by atoms with van der Waals surface area (Å²) in [6, 6.07) is 10.9. The van der Waals surface area contributed by atoms with Gasteiger partial charge < -0.3 is 10.1 Å². The molecule has 0 saturated heterocycles. The van der Waals surface area contributed by atoms with Crippen molar-refractivity contribution >= 4 is 5.91 Å². The first-order valence-electron chi connectivity index (χ1n) is 9.67. The molecule has 3 aromatic rings. The van der Waals surface area contributed by atoms with E-state index in [-0.39, 0.29) is 17.2 Å². The van der Waals surface area contributed by atoms with Gasteiger partial charge >= 0.3 is 0 Å². The Hall–Kier alpha value is -3.73. The fraction of sp³-hybridized carbons (Fsp3) is 0.273. The monoisotopic (exact) mass is 405 g/mol. The number of rotatable bonds is 4.